The summed E-state index contributed by atoms with van der Waals surface area (Å²) in [7, 11) is 0. The first-order valence-electron chi connectivity index (χ1n) is 11.8. The number of aromatic nitrogens is 4. The molecule has 168 valence electrons. The largest absolute Gasteiger partial charge is 0.450 e. The monoisotopic (exact) mass is 441 g/mol. The van der Waals surface area contributed by atoms with Gasteiger partial charge < -0.3 is 9.64 Å². The highest BCUT2D eigenvalue weighted by Crippen LogP contribution is 2.53. The molecule has 33 heavy (non-hydrogen) atoms. The molecular formula is C26H27N5O2. The second-order valence-electron chi connectivity index (χ2n) is 9.15. The number of carbonyl (C=O) groups is 1. The summed E-state index contributed by atoms with van der Waals surface area (Å²) in [5.74, 6) is 1.12. The summed E-state index contributed by atoms with van der Waals surface area (Å²) in [6.07, 6.45) is 11.8. The van der Waals surface area contributed by atoms with E-state index in [0.29, 0.717) is 25.6 Å². The van der Waals surface area contributed by atoms with Gasteiger partial charge in [0.25, 0.3) is 0 Å². The molecule has 1 saturated carbocycles. The van der Waals surface area contributed by atoms with Crippen molar-refractivity contribution in [3.63, 3.8) is 0 Å². The Morgan fingerprint density at radius 1 is 1.12 bits per heavy atom. The number of piperidine rings is 1. The molecule has 0 bridgehead atoms. The van der Waals surface area contributed by atoms with Crippen LogP contribution in [0.2, 0.25) is 0 Å². The van der Waals surface area contributed by atoms with Crippen molar-refractivity contribution in [3.05, 3.63) is 71.9 Å². The van der Waals surface area contributed by atoms with Crippen LogP contribution in [0, 0.1) is 0 Å². The first-order valence-corrected chi connectivity index (χ1v) is 11.8. The number of nitrogens with zero attached hydrogens (tertiary/aromatic N) is 5. The number of pyridine rings is 1. The second kappa shape index (κ2) is 7.83. The summed E-state index contributed by atoms with van der Waals surface area (Å²) in [5.41, 5.74) is 4.74. The number of imidazole rings is 1. The van der Waals surface area contributed by atoms with Gasteiger partial charge in [-0.1, -0.05) is 12.1 Å². The van der Waals surface area contributed by atoms with Crippen molar-refractivity contribution >= 4 is 22.8 Å². The Bertz CT molecular complexity index is 1340. The Hall–Kier alpha value is -3.48. The van der Waals surface area contributed by atoms with E-state index in [1.165, 1.54) is 22.2 Å². The highest BCUT2D eigenvalue weighted by atomic mass is 16.6. The number of fused-ring (bicyclic) bond motifs is 2. The Kier molecular flexibility index (Phi) is 4.78. The molecule has 0 N–H and O–H groups in total. The highest BCUT2D eigenvalue weighted by Gasteiger charge is 2.48. The van der Waals surface area contributed by atoms with Crippen molar-refractivity contribution < 1.29 is 9.53 Å². The molecule has 0 unspecified atom stereocenters. The molecule has 1 amide bonds. The van der Waals surface area contributed by atoms with Gasteiger partial charge in [-0.15, -0.1) is 0 Å². The third-order valence-corrected chi connectivity index (χ3v) is 7.27. The van der Waals surface area contributed by atoms with Crippen LogP contribution in [0.15, 0.2) is 55.1 Å². The molecule has 1 aliphatic heterocycles. The van der Waals surface area contributed by atoms with E-state index in [-0.39, 0.29) is 11.5 Å². The van der Waals surface area contributed by atoms with Gasteiger partial charge in [-0.05, 0) is 67.9 Å². The van der Waals surface area contributed by atoms with E-state index in [1.54, 1.807) is 0 Å². The zero-order valence-electron chi connectivity index (χ0n) is 18.8. The average molecular weight is 442 g/mol. The van der Waals surface area contributed by atoms with Gasteiger partial charge in [0, 0.05) is 42.5 Å². The lowest BCUT2D eigenvalue weighted by Gasteiger charge is -2.31. The molecule has 4 aromatic rings. The number of hydrogen-bond donors (Lipinski definition) is 0. The molecule has 2 fully saturated rings. The van der Waals surface area contributed by atoms with Crippen LogP contribution in [0.1, 0.15) is 55.3 Å². The predicted molar refractivity (Wildman–Crippen MR) is 125 cm³/mol. The first-order chi connectivity index (χ1) is 16.2. The lowest BCUT2D eigenvalue weighted by atomic mass is 9.90. The molecule has 4 heterocycles. The molecule has 2 aliphatic rings. The third kappa shape index (κ3) is 3.43. The van der Waals surface area contributed by atoms with Gasteiger partial charge in [0.15, 0.2) is 0 Å². The molecule has 0 atom stereocenters. The summed E-state index contributed by atoms with van der Waals surface area (Å²) < 4.78 is 7.34. The molecule has 1 aromatic carbocycles. The van der Waals surface area contributed by atoms with Crippen LogP contribution in [0.4, 0.5) is 4.79 Å². The Morgan fingerprint density at radius 3 is 2.73 bits per heavy atom. The minimum atomic E-state index is -0.206. The fraction of sp³-hybridized carbons (Fsp3) is 0.385. The lowest BCUT2D eigenvalue weighted by molar-refractivity contribution is 0.0970. The normalized spacial score (nSPS) is 18.0. The van der Waals surface area contributed by atoms with E-state index in [2.05, 4.69) is 49.8 Å². The van der Waals surface area contributed by atoms with E-state index in [0.717, 1.165) is 37.0 Å². The van der Waals surface area contributed by atoms with Gasteiger partial charge in [-0.3, -0.25) is 9.38 Å². The van der Waals surface area contributed by atoms with Crippen LogP contribution in [0.3, 0.4) is 0 Å². The van der Waals surface area contributed by atoms with Gasteiger partial charge in [0.2, 0.25) is 5.78 Å². The molecule has 1 saturated heterocycles. The molecule has 1 aliphatic carbocycles. The third-order valence-electron chi connectivity index (χ3n) is 7.27. The minimum Gasteiger partial charge on any atom is -0.450 e. The Balaban J connectivity index is 1.30. The number of ether oxygens (including phenoxy) is 1. The molecular weight excluding hydrogens is 414 g/mol. The van der Waals surface area contributed by atoms with Crippen molar-refractivity contribution in [1.29, 1.82) is 0 Å². The number of hydrogen-bond acceptors (Lipinski definition) is 5. The zero-order valence-corrected chi connectivity index (χ0v) is 18.8. The van der Waals surface area contributed by atoms with Gasteiger partial charge in [0.1, 0.15) is 0 Å². The maximum atomic E-state index is 12.0. The lowest BCUT2D eigenvalue weighted by Crippen LogP contribution is -2.38. The maximum absolute atomic E-state index is 12.0. The van der Waals surface area contributed by atoms with Crippen molar-refractivity contribution in [2.75, 3.05) is 19.7 Å². The molecule has 3 aromatic heterocycles. The number of amides is 1. The summed E-state index contributed by atoms with van der Waals surface area (Å²) in [6, 6.07) is 10.7. The van der Waals surface area contributed by atoms with Gasteiger partial charge >= 0.3 is 6.09 Å². The predicted octanol–water partition coefficient (Wildman–Crippen LogP) is 4.69. The highest BCUT2D eigenvalue weighted by molar-refractivity contribution is 5.79. The van der Waals surface area contributed by atoms with E-state index in [4.69, 9.17) is 4.74 Å². The zero-order chi connectivity index (χ0) is 22.4. The Morgan fingerprint density at radius 2 is 1.94 bits per heavy atom. The van der Waals surface area contributed by atoms with E-state index in [1.807, 2.05) is 36.5 Å². The fourth-order valence-corrected chi connectivity index (χ4v) is 5.25. The van der Waals surface area contributed by atoms with Crippen LogP contribution in [-0.4, -0.2) is 50.0 Å². The fourth-order valence-electron chi connectivity index (χ4n) is 5.25. The van der Waals surface area contributed by atoms with Gasteiger partial charge in [-0.2, -0.15) is 0 Å². The Labute approximate surface area is 192 Å². The number of rotatable bonds is 4. The van der Waals surface area contributed by atoms with Crippen molar-refractivity contribution in [3.8, 4) is 0 Å². The average Bonchev–Trinajstić information content (AvgIpc) is 3.56. The smallest absolute Gasteiger partial charge is 0.409 e. The summed E-state index contributed by atoms with van der Waals surface area (Å²) in [6.45, 7) is 3.69. The molecule has 7 nitrogen and oxygen atoms in total. The van der Waals surface area contributed by atoms with E-state index in [9.17, 15) is 4.79 Å². The quantitative estimate of drug-likeness (QED) is 0.459. The van der Waals surface area contributed by atoms with Crippen LogP contribution >= 0.6 is 0 Å². The van der Waals surface area contributed by atoms with Crippen LogP contribution in [0.25, 0.3) is 16.7 Å². The standard InChI is InChI=1S/C26H27N5O2/c1-2-33-25(32)30-12-7-18(8-13-30)20-15-28-24-29-16-23(31(24)17-20)26(9-10-26)21-5-6-22-19(14-21)4-3-11-27-22/h3-6,11,14-18H,2,7-10,12-13H2,1H3. The SMILES string of the molecule is CCOC(=O)N1CCC(c2cnc3ncc(C4(c5ccc6ncccc6c5)CC4)n3c2)CC1. The number of likely N-dealkylation sites (tertiary alicyclic amines) is 1. The molecule has 6 rings (SSSR count). The minimum absolute atomic E-state index is 0.0168. The molecule has 0 radical (unpaired) electrons. The number of carbonyl (C=O) groups excluding carboxylic acids is 1. The van der Waals surface area contributed by atoms with Gasteiger partial charge in [-0.25, -0.2) is 14.8 Å². The molecule has 0 spiro atoms. The van der Waals surface area contributed by atoms with Crippen molar-refractivity contribution in [2.24, 2.45) is 0 Å². The van der Waals surface area contributed by atoms with Crippen LogP contribution in [-0.2, 0) is 10.2 Å². The molecule has 7 heteroatoms. The first kappa shape index (κ1) is 20.1. The van der Waals surface area contributed by atoms with Crippen molar-refractivity contribution in [2.45, 2.75) is 43.9 Å². The van der Waals surface area contributed by atoms with Crippen LogP contribution < -0.4 is 0 Å². The van der Waals surface area contributed by atoms with E-state index < -0.39 is 0 Å². The summed E-state index contributed by atoms with van der Waals surface area (Å²) >= 11 is 0. The topological polar surface area (TPSA) is 72.6 Å². The van der Waals surface area contributed by atoms with Crippen molar-refractivity contribution in [1.82, 2.24) is 24.3 Å². The number of benzene rings is 1. The van der Waals surface area contributed by atoms with Gasteiger partial charge in [0.05, 0.1) is 24.0 Å². The summed E-state index contributed by atoms with van der Waals surface area (Å²) in [4.78, 5) is 27.6. The maximum Gasteiger partial charge on any atom is 0.409 e. The van der Waals surface area contributed by atoms with Crippen LogP contribution in [0.5, 0.6) is 0 Å². The summed E-state index contributed by atoms with van der Waals surface area (Å²) in [5, 5.41) is 1.17. The van der Waals surface area contributed by atoms with E-state index >= 15 is 0 Å². The second-order valence-corrected chi connectivity index (χ2v) is 9.15.